The smallest absolute Gasteiger partial charge is 0.234 e. The summed E-state index contributed by atoms with van der Waals surface area (Å²) in [5.74, 6) is -0.0642. The lowest BCUT2D eigenvalue weighted by Crippen LogP contribution is -2.15. The number of carbonyl (C=O) groups excluding carboxylic acids is 1. The lowest BCUT2D eigenvalue weighted by atomic mass is 10.1. The number of nitrogens with zero attached hydrogens (tertiary/aromatic N) is 3. The van der Waals surface area contributed by atoms with Crippen LogP contribution in [0.4, 0.5) is 5.69 Å². The molecule has 0 aliphatic carbocycles. The van der Waals surface area contributed by atoms with Crippen molar-refractivity contribution in [1.82, 2.24) is 14.8 Å². The maximum Gasteiger partial charge on any atom is 0.234 e. The Bertz CT molecular complexity index is 938. The van der Waals surface area contributed by atoms with Crippen LogP contribution in [-0.2, 0) is 4.79 Å². The van der Waals surface area contributed by atoms with Crippen molar-refractivity contribution in [2.45, 2.75) is 19.0 Å². The van der Waals surface area contributed by atoms with Crippen LogP contribution in [0.15, 0.2) is 47.9 Å². The van der Waals surface area contributed by atoms with Crippen LogP contribution in [-0.4, -0.2) is 26.4 Å². The van der Waals surface area contributed by atoms with Gasteiger partial charge in [0.25, 0.3) is 0 Å². The van der Waals surface area contributed by atoms with E-state index in [0.717, 1.165) is 11.3 Å². The first-order valence-corrected chi connectivity index (χ1v) is 9.54. The molecule has 8 heteroatoms. The van der Waals surface area contributed by atoms with Crippen molar-refractivity contribution in [3.63, 3.8) is 0 Å². The van der Waals surface area contributed by atoms with Gasteiger partial charge in [0.15, 0.2) is 5.16 Å². The lowest BCUT2D eigenvalue weighted by Gasteiger charge is -2.11. The quantitative estimate of drug-likeness (QED) is 0.610. The van der Waals surface area contributed by atoms with Gasteiger partial charge in [-0.1, -0.05) is 58.7 Å². The lowest BCUT2D eigenvalue weighted by molar-refractivity contribution is -0.113. The van der Waals surface area contributed by atoms with E-state index in [-0.39, 0.29) is 11.7 Å². The van der Waals surface area contributed by atoms with Crippen molar-refractivity contribution >= 4 is 46.6 Å². The van der Waals surface area contributed by atoms with Gasteiger partial charge in [0.2, 0.25) is 5.91 Å². The molecule has 1 heterocycles. The molecule has 0 aliphatic heterocycles. The second-order valence-electron chi connectivity index (χ2n) is 5.71. The van der Waals surface area contributed by atoms with Crippen LogP contribution in [0.5, 0.6) is 0 Å². The first-order chi connectivity index (χ1) is 12.5. The van der Waals surface area contributed by atoms with Gasteiger partial charge in [-0.05, 0) is 37.6 Å². The molecule has 1 aromatic heterocycles. The predicted octanol–water partition coefficient (Wildman–Crippen LogP) is 4.92. The second-order valence-corrected chi connectivity index (χ2v) is 7.46. The van der Waals surface area contributed by atoms with E-state index in [1.54, 1.807) is 24.5 Å². The highest BCUT2D eigenvalue weighted by molar-refractivity contribution is 7.99. The summed E-state index contributed by atoms with van der Waals surface area (Å²) in [7, 11) is 0. The van der Waals surface area contributed by atoms with Crippen LogP contribution < -0.4 is 5.32 Å². The Hall–Kier alpha value is -2.02. The van der Waals surface area contributed by atoms with Crippen molar-refractivity contribution in [3.8, 4) is 5.69 Å². The Morgan fingerprint density at radius 1 is 1.19 bits per heavy atom. The number of rotatable bonds is 5. The Morgan fingerprint density at radius 3 is 2.62 bits per heavy atom. The van der Waals surface area contributed by atoms with E-state index in [4.69, 9.17) is 23.2 Å². The number of aromatic nitrogens is 3. The summed E-state index contributed by atoms with van der Waals surface area (Å²) >= 11 is 13.4. The molecule has 0 saturated heterocycles. The molecule has 1 amide bonds. The van der Waals surface area contributed by atoms with Crippen LogP contribution in [0.1, 0.15) is 11.1 Å². The summed E-state index contributed by atoms with van der Waals surface area (Å²) < 4.78 is 1.87. The van der Waals surface area contributed by atoms with Crippen molar-refractivity contribution in [3.05, 3.63) is 63.9 Å². The van der Waals surface area contributed by atoms with Crippen LogP contribution in [0, 0.1) is 13.8 Å². The molecule has 134 valence electrons. The van der Waals surface area contributed by atoms with Gasteiger partial charge in [0, 0.05) is 0 Å². The number of nitrogens with one attached hydrogen (secondary N) is 1. The van der Waals surface area contributed by atoms with Crippen LogP contribution in [0.25, 0.3) is 5.69 Å². The fourth-order valence-electron chi connectivity index (χ4n) is 2.49. The number of benzene rings is 2. The zero-order chi connectivity index (χ0) is 18.7. The van der Waals surface area contributed by atoms with Gasteiger partial charge in [0.1, 0.15) is 6.33 Å². The van der Waals surface area contributed by atoms with E-state index >= 15 is 0 Å². The molecule has 5 nitrogen and oxygen atoms in total. The molecule has 1 N–H and O–H groups in total. The van der Waals surface area contributed by atoms with Gasteiger partial charge < -0.3 is 5.32 Å². The SMILES string of the molecule is Cc1ccc(-n2cnnc2SCC(=O)Nc2c(Cl)cccc2Cl)c(C)c1. The molecule has 2 aromatic carbocycles. The molecule has 0 saturated carbocycles. The molecule has 26 heavy (non-hydrogen) atoms. The second kappa shape index (κ2) is 8.12. The van der Waals surface area contributed by atoms with Crippen LogP contribution in [0.2, 0.25) is 10.0 Å². The minimum Gasteiger partial charge on any atom is -0.323 e. The third kappa shape index (κ3) is 4.20. The monoisotopic (exact) mass is 406 g/mol. The van der Waals surface area contributed by atoms with E-state index in [0.29, 0.717) is 20.9 Å². The maximum atomic E-state index is 12.3. The van der Waals surface area contributed by atoms with Crippen molar-refractivity contribution in [2.75, 3.05) is 11.1 Å². The van der Waals surface area contributed by atoms with Gasteiger partial charge >= 0.3 is 0 Å². The first-order valence-electron chi connectivity index (χ1n) is 7.80. The highest BCUT2D eigenvalue weighted by atomic mass is 35.5. The first kappa shape index (κ1) is 18.8. The highest BCUT2D eigenvalue weighted by Crippen LogP contribution is 2.30. The maximum absolute atomic E-state index is 12.3. The zero-order valence-electron chi connectivity index (χ0n) is 14.2. The Balaban J connectivity index is 1.71. The Kier molecular flexibility index (Phi) is 5.86. The molecule has 0 fully saturated rings. The molecular formula is C18H16Cl2N4OS. The van der Waals surface area contributed by atoms with Gasteiger partial charge in [0.05, 0.1) is 27.2 Å². The minimum absolute atomic E-state index is 0.158. The summed E-state index contributed by atoms with van der Waals surface area (Å²) in [6.45, 7) is 4.08. The van der Waals surface area contributed by atoms with E-state index in [1.807, 2.05) is 30.5 Å². The fraction of sp³-hybridized carbons (Fsp3) is 0.167. The number of thioether (sulfide) groups is 1. The van der Waals surface area contributed by atoms with E-state index in [1.165, 1.54) is 17.3 Å². The third-order valence-corrected chi connectivity index (χ3v) is 5.26. The number of para-hydroxylation sites is 1. The molecule has 3 aromatic rings. The van der Waals surface area contributed by atoms with Crippen molar-refractivity contribution in [1.29, 1.82) is 0 Å². The number of hydrogen-bond donors (Lipinski definition) is 1. The van der Waals surface area contributed by atoms with Gasteiger partial charge in [-0.3, -0.25) is 9.36 Å². The van der Waals surface area contributed by atoms with Crippen molar-refractivity contribution < 1.29 is 4.79 Å². The summed E-state index contributed by atoms with van der Waals surface area (Å²) in [6, 6.07) is 11.2. The van der Waals surface area contributed by atoms with E-state index in [9.17, 15) is 4.79 Å². The largest absolute Gasteiger partial charge is 0.323 e. The van der Waals surface area contributed by atoms with Crippen molar-refractivity contribution in [2.24, 2.45) is 0 Å². The molecule has 0 aliphatic rings. The molecule has 3 rings (SSSR count). The number of carbonyl (C=O) groups is 1. The average Bonchev–Trinajstić information content (AvgIpc) is 3.05. The van der Waals surface area contributed by atoms with E-state index < -0.39 is 0 Å². The summed E-state index contributed by atoms with van der Waals surface area (Å²) in [4.78, 5) is 12.3. The zero-order valence-corrected chi connectivity index (χ0v) is 16.5. The highest BCUT2D eigenvalue weighted by Gasteiger charge is 2.14. The molecular weight excluding hydrogens is 391 g/mol. The Labute approximate surface area is 165 Å². The van der Waals surface area contributed by atoms with Crippen LogP contribution >= 0.6 is 35.0 Å². The summed E-state index contributed by atoms with van der Waals surface area (Å²) in [5, 5.41) is 12.3. The van der Waals surface area contributed by atoms with Gasteiger partial charge in [-0.25, -0.2) is 0 Å². The molecule has 0 atom stereocenters. The number of aryl methyl sites for hydroxylation is 2. The standard InChI is InChI=1S/C18H16Cl2N4OS/c1-11-6-7-15(12(2)8-11)24-10-21-23-18(24)26-9-16(25)22-17-13(19)4-3-5-14(17)20/h3-8,10H,9H2,1-2H3,(H,22,25). The third-order valence-electron chi connectivity index (χ3n) is 3.69. The normalized spacial score (nSPS) is 10.8. The number of amides is 1. The summed E-state index contributed by atoms with van der Waals surface area (Å²) in [5.41, 5.74) is 3.69. The molecule has 0 bridgehead atoms. The summed E-state index contributed by atoms with van der Waals surface area (Å²) in [6.07, 6.45) is 1.64. The van der Waals surface area contributed by atoms with Gasteiger partial charge in [-0.15, -0.1) is 10.2 Å². The van der Waals surface area contributed by atoms with Gasteiger partial charge in [-0.2, -0.15) is 0 Å². The minimum atomic E-state index is -0.222. The average molecular weight is 407 g/mol. The topological polar surface area (TPSA) is 59.8 Å². The predicted molar refractivity (Wildman–Crippen MR) is 107 cm³/mol. The number of halogens is 2. The molecule has 0 unspecified atom stereocenters. The molecule has 0 spiro atoms. The fourth-order valence-corrected chi connectivity index (χ4v) is 3.70. The van der Waals surface area contributed by atoms with E-state index in [2.05, 4.69) is 21.6 Å². The molecule has 0 radical (unpaired) electrons. The number of hydrogen-bond acceptors (Lipinski definition) is 4. The number of anilines is 1. The Morgan fingerprint density at radius 2 is 1.92 bits per heavy atom. The van der Waals surface area contributed by atoms with Crippen LogP contribution in [0.3, 0.4) is 0 Å².